The second-order valence-corrected chi connectivity index (χ2v) is 9.18. The van der Waals surface area contributed by atoms with Gasteiger partial charge in [-0.1, -0.05) is 35.9 Å². The number of nitrogens with one attached hydrogen (secondary N) is 1. The fourth-order valence-electron chi connectivity index (χ4n) is 3.06. The summed E-state index contributed by atoms with van der Waals surface area (Å²) in [7, 11) is -3.42. The topological polar surface area (TPSA) is 75.7 Å². The SMILES string of the molecule is CS(=O)(=O)c1ccc(Cl)c(C(=O)NCc2ccccc2CN2CCOCC2)c1. The van der Waals surface area contributed by atoms with Crippen molar-refractivity contribution in [1.29, 1.82) is 0 Å². The summed E-state index contributed by atoms with van der Waals surface area (Å²) in [6.45, 7) is 4.35. The number of hydrogen-bond acceptors (Lipinski definition) is 5. The van der Waals surface area contributed by atoms with Crippen LogP contribution in [0.3, 0.4) is 0 Å². The molecule has 0 aliphatic carbocycles. The van der Waals surface area contributed by atoms with Crippen LogP contribution in [0.5, 0.6) is 0 Å². The number of rotatable bonds is 6. The third-order valence-electron chi connectivity index (χ3n) is 4.67. The van der Waals surface area contributed by atoms with Crippen molar-refractivity contribution >= 4 is 27.3 Å². The maximum Gasteiger partial charge on any atom is 0.253 e. The molecule has 6 nitrogen and oxygen atoms in total. The minimum Gasteiger partial charge on any atom is -0.379 e. The lowest BCUT2D eigenvalue weighted by Crippen LogP contribution is -2.36. The monoisotopic (exact) mass is 422 g/mol. The zero-order chi connectivity index (χ0) is 20.1. The van der Waals surface area contributed by atoms with Crippen LogP contribution in [0.25, 0.3) is 0 Å². The van der Waals surface area contributed by atoms with Crippen molar-refractivity contribution < 1.29 is 17.9 Å². The van der Waals surface area contributed by atoms with E-state index < -0.39 is 15.7 Å². The molecule has 3 rings (SSSR count). The zero-order valence-corrected chi connectivity index (χ0v) is 17.2. The summed E-state index contributed by atoms with van der Waals surface area (Å²) in [4.78, 5) is 15.0. The van der Waals surface area contributed by atoms with E-state index >= 15 is 0 Å². The average Bonchev–Trinajstić information content (AvgIpc) is 2.67. The van der Waals surface area contributed by atoms with Crippen LogP contribution in [0.15, 0.2) is 47.4 Å². The van der Waals surface area contributed by atoms with Gasteiger partial charge in [0.1, 0.15) is 0 Å². The van der Waals surface area contributed by atoms with E-state index in [1.807, 2.05) is 24.3 Å². The van der Waals surface area contributed by atoms with E-state index in [1.54, 1.807) is 0 Å². The standard InChI is InChI=1S/C20H23ClN2O4S/c1-28(25,26)17-6-7-19(21)18(12-17)20(24)22-13-15-4-2-3-5-16(15)14-23-8-10-27-11-9-23/h2-7,12H,8-11,13-14H2,1H3,(H,22,24). The number of ether oxygens (including phenoxy) is 1. The lowest BCUT2D eigenvalue weighted by Gasteiger charge is -2.27. The highest BCUT2D eigenvalue weighted by molar-refractivity contribution is 7.90. The zero-order valence-electron chi connectivity index (χ0n) is 15.7. The third kappa shape index (κ3) is 5.32. The van der Waals surface area contributed by atoms with Gasteiger partial charge in [-0.3, -0.25) is 9.69 Å². The normalized spacial score (nSPS) is 15.4. The summed E-state index contributed by atoms with van der Waals surface area (Å²) < 4.78 is 28.9. The first-order valence-electron chi connectivity index (χ1n) is 8.99. The summed E-state index contributed by atoms with van der Waals surface area (Å²) in [6, 6.07) is 12.1. The fourth-order valence-corrected chi connectivity index (χ4v) is 3.91. The van der Waals surface area contributed by atoms with Crippen LogP contribution in [0.4, 0.5) is 0 Å². The van der Waals surface area contributed by atoms with Crippen LogP contribution in [-0.2, 0) is 27.7 Å². The molecule has 1 amide bonds. The minimum atomic E-state index is -3.42. The fraction of sp³-hybridized carbons (Fsp3) is 0.350. The molecule has 0 unspecified atom stereocenters. The Hall–Kier alpha value is -1.93. The molecule has 1 fully saturated rings. The number of morpholine rings is 1. The van der Waals surface area contributed by atoms with E-state index in [-0.39, 0.29) is 15.5 Å². The van der Waals surface area contributed by atoms with Crippen molar-refractivity contribution in [3.05, 3.63) is 64.2 Å². The van der Waals surface area contributed by atoms with Crippen LogP contribution < -0.4 is 5.32 Å². The van der Waals surface area contributed by atoms with Crippen LogP contribution in [0, 0.1) is 0 Å². The average molecular weight is 423 g/mol. The highest BCUT2D eigenvalue weighted by Crippen LogP contribution is 2.21. The highest BCUT2D eigenvalue weighted by Gasteiger charge is 2.17. The quantitative estimate of drug-likeness (QED) is 0.774. The Balaban J connectivity index is 1.71. The first-order chi connectivity index (χ1) is 13.3. The summed E-state index contributed by atoms with van der Waals surface area (Å²) in [6.07, 6.45) is 1.10. The summed E-state index contributed by atoms with van der Waals surface area (Å²) >= 11 is 6.11. The number of nitrogens with zero attached hydrogens (tertiary/aromatic N) is 1. The molecule has 28 heavy (non-hydrogen) atoms. The van der Waals surface area contributed by atoms with Gasteiger partial charge in [-0.2, -0.15) is 0 Å². The molecule has 1 heterocycles. The summed E-state index contributed by atoms with van der Waals surface area (Å²) in [5.74, 6) is -0.406. The molecular formula is C20H23ClN2O4S. The van der Waals surface area contributed by atoms with Crippen molar-refractivity contribution in [2.24, 2.45) is 0 Å². The minimum absolute atomic E-state index is 0.0646. The first-order valence-corrected chi connectivity index (χ1v) is 11.3. The molecule has 2 aromatic rings. The predicted octanol–water partition coefficient (Wildman–Crippen LogP) is 2.51. The molecule has 0 radical (unpaired) electrons. The first kappa shape index (κ1) is 20.8. The Labute approximate surface area is 170 Å². The number of amides is 1. The van der Waals surface area contributed by atoms with Crippen molar-refractivity contribution in [2.45, 2.75) is 18.0 Å². The number of sulfone groups is 1. The van der Waals surface area contributed by atoms with E-state index in [0.717, 1.165) is 50.2 Å². The Morgan fingerprint density at radius 2 is 1.82 bits per heavy atom. The van der Waals surface area contributed by atoms with Gasteiger partial charge in [0.15, 0.2) is 9.84 Å². The Morgan fingerprint density at radius 1 is 1.14 bits per heavy atom. The molecule has 8 heteroatoms. The van der Waals surface area contributed by atoms with E-state index in [1.165, 1.54) is 18.2 Å². The van der Waals surface area contributed by atoms with Gasteiger partial charge in [0.05, 0.1) is 28.7 Å². The van der Waals surface area contributed by atoms with Crippen LogP contribution >= 0.6 is 11.6 Å². The molecule has 1 N–H and O–H groups in total. The van der Waals surface area contributed by atoms with Gasteiger partial charge in [-0.25, -0.2) is 8.42 Å². The number of benzene rings is 2. The van der Waals surface area contributed by atoms with E-state index in [9.17, 15) is 13.2 Å². The molecule has 1 saturated heterocycles. The van der Waals surface area contributed by atoms with Gasteiger partial charge >= 0.3 is 0 Å². The predicted molar refractivity (Wildman–Crippen MR) is 108 cm³/mol. The van der Waals surface area contributed by atoms with Gasteiger partial charge in [-0.15, -0.1) is 0 Å². The molecule has 2 aromatic carbocycles. The molecule has 1 aliphatic heterocycles. The number of carbonyl (C=O) groups is 1. The smallest absolute Gasteiger partial charge is 0.253 e. The van der Waals surface area contributed by atoms with Gasteiger partial charge in [0.25, 0.3) is 5.91 Å². The summed E-state index contributed by atoms with van der Waals surface area (Å²) in [5.41, 5.74) is 2.30. The van der Waals surface area contributed by atoms with Gasteiger partial charge in [0, 0.05) is 32.4 Å². The summed E-state index contributed by atoms with van der Waals surface area (Å²) in [5, 5.41) is 3.07. The molecule has 1 aliphatic rings. The lowest BCUT2D eigenvalue weighted by molar-refractivity contribution is 0.0340. The second kappa shape index (κ2) is 9.05. The largest absolute Gasteiger partial charge is 0.379 e. The highest BCUT2D eigenvalue weighted by atomic mass is 35.5. The molecular weight excluding hydrogens is 400 g/mol. The maximum atomic E-state index is 12.6. The van der Waals surface area contributed by atoms with Crippen molar-refractivity contribution in [3.63, 3.8) is 0 Å². The van der Waals surface area contributed by atoms with E-state index in [4.69, 9.17) is 16.3 Å². The van der Waals surface area contributed by atoms with E-state index in [0.29, 0.717) is 6.54 Å². The second-order valence-electron chi connectivity index (χ2n) is 6.75. The molecule has 150 valence electrons. The van der Waals surface area contributed by atoms with Crippen molar-refractivity contribution in [3.8, 4) is 0 Å². The molecule has 0 saturated carbocycles. The number of hydrogen-bond donors (Lipinski definition) is 1. The van der Waals surface area contributed by atoms with Gasteiger partial charge in [-0.05, 0) is 29.3 Å². The third-order valence-corrected chi connectivity index (χ3v) is 6.11. The van der Waals surface area contributed by atoms with Crippen LogP contribution in [0.2, 0.25) is 5.02 Å². The van der Waals surface area contributed by atoms with Crippen LogP contribution in [0.1, 0.15) is 21.5 Å². The van der Waals surface area contributed by atoms with Gasteiger partial charge < -0.3 is 10.1 Å². The molecule has 0 atom stereocenters. The van der Waals surface area contributed by atoms with E-state index in [2.05, 4.69) is 10.2 Å². The molecule has 0 bridgehead atoms. The van der Waals surface area contributed by atoms with Crippen molar-refractivity contribution in [2.75, 3.05) is 32.6 Å². The molecule has 0 spiro atoms. The Morgan fingerprint density at radius 3 is 2.50 bits per heavy atom. The Bertz CT molecular complexity index is 956. The van der Waals surface area contributed by atoms with Crippen molar-refractivity contribution in [1.82, 2.24) is 10.2 Å². The van der Waals surface area contributed by atoms with Gasteiger partial charge in [0.2, 0.25) is 0 Å². The molecule has 0 aromatic heterocycles. The number of carbonyl (C=O) groups excluding carboxylic acids is 1. The maximum absolute atomic E-state index is 12.6. The number of halogens is 1. The Kier molecular flexibility index (Phi) is 6.72. The lowest BCUT2D eigenvalue weighted by atomic mass is 10.1. The van der Waals surface area contributed by atoms with Crippen LogP contribution in [-0.4, -0.2) is 51.8 Å².